The fourth-order valence-electron chi connectivity index (χ4n) is 1.12. The van der Waals surface area contributed by atoms with Crippen molar-refractivity contribution in [3.63, 3.8) is 0 Å². The second-order valence-corrected chi connectivity index (χ2v) is 3.29. The molecule has 16 heavy (non-hydrogen) atoms. The van der Waals surface area contributed by atoms with Crippen molar-refractivity contribution in [1.29, 1.82) is 0 Å². The molecule has 1 unspecified atom stereocenters. The van der Waals surface area contributed by atoms with E-state index in [2.05, 4.69) is 4.84 Å². The number of carbonyl (C=O) groups is 1. The van der Waals surface area contributed by atoms with Crippen molar-refractivity contribution in [3.8, 4) is 0 Å². The van der Waals surface area contributed by atoms with Gasteiger partial charge in [-0.15, -0.1) is 0 Å². The van der Waals surface area contributed by atoms with E-state index in [1.807, 2.05) is 5.32 Å². The summed E-state index contributed by atoms with van der Waals surface area (Å²) in [6.45, 7) is 1.18. The monoisotopic (exact) mass is 240 g/mol. The maximum Gasteiger partial charge on any atom is 0.434 e. The topological polar surface area (TPSA) is 50.8 Å². The van der Waals surface area contributed by atoms with Crippen LogP contribution in [0.3, 0.4) is 0 Å². The van der Waals surface area contributed by atoms with Gasteiger partial charge in [-0.1, -0.05) is 0 Å². The Morgan fingerprint density at radius 3 is 2.56 bits per heavy atom. The van der Waals surface area contributed by atoms with Crippen molar-refractivity contribution in [1.82, 2.24) is 10.4 Å². The Kier molecular flexibility index (Phi) is 3.04. The Labute approximate surface area is 89.7 Å². The van der Waals surface area contributed by atoms with E-state index in [1.165, 1.54) is 21.1 Å². The van der Waals surface area contributed by atoms with Gasteiger partial charge in [-0.3, -0.25) is 9.63 Å². The third-order valence-electron chi connectivity index (χ3n) is 2.06. The maximum absolute atomic E-state index is 12.3. The highest BCUT2D eigenvalue weighted by molar-refractivity contribution is 5.84. The average molecular weight is 240 g/mol. The van der Waals surface area contributed by atoms with Crippen molar-refractivity contribution in [2.45, 2.75) is 18.8 Å². The van der Waals surface area contributed by atoms with Gasteiger partial charge < -0.3 is 10.1 Å². The molecule has 0 aromatic rings. The Morgan fingerprint density at radius 1 is 1.62 bits per heavy atom. The number of allylic oxidation sites excluding steroid dienone is 1. The minimum Gasteiger partial charge on any atom is -0.464 e. The lowest BCUT2D eigenvalue weighted by Gasteiger charge is -2.27. The molecule has 0 bridgehead atoms. The summed E-state index contributed by atoms with van der Waals surface area (Å²) in [6.07, 6.45) is -4.11. The van der Waals surface area contributed by atoms with Crippen molar-refractivity contribution >= 4 is 5.91 Å². The van der Waals surface area contributed by atoms with Crippen LogP contribution in [-0.2, 0) is 14.4 Å². The summed E-state index contributed by atoms with van der Waals surface area (Å²) in [4.78, 5) is 16.2. The molecule has 1 heterocycles. The van der Waals surface area contributed by atoms with Gasteiger partial charge in [0.25, 0.3) is 5.72 Å². The quantitative estimate of drug-likeness (QED) is 0.723. The molecule has 0 saturated carbocycles. The third kappa shape index (κ3) is 2.21. The van der Waals surface area contributed by atoms with Crippen LogP contribution in [0, 0.1) is 0 Å². The van der Waals surface area contributed by atoms with Crippen LogP contribution in [0.15, 0.2) is 12.0 Å². The maximum atomic E-state index is 12.3. The standard InChI is InChI=1S/C8H11F3N2O3/c1-7(6(14)13(2)15-3)12-5(4-16-7)8(9,10)11/h4,12H,1-3H3. The second kappa shape index (κ2) is 3.85. The molecule has 1 rings (SSSR count). The average Bonchev–Trinajstić information content (AvgIpc) is 2.59. The predicted molar refractivity (Wildman–Crippen MR) is 46.5 cm³/mol. The van der Waals surface area contributed by atoms with E-state index in [0.29, 0.717) is 6.26 Å². The minimum atomic E-state index is -4.58. The fraction of sp³-hybridized carbons (Fsp3) is 0.625. The Balaban J connectivity index is 2.77. The van der Waals surface area contributed by atoms with Gasteiger partial charge >= 0.3 is 12.1 Å². The normalized spacial score (nSPS) is 24.5. The molecule has 8 heteroatoms. The highest BCUT2D eigenvalue weighted by Crippen LogP contribution is 2.31. The summed E-state index contributed by atoms with van der Waals surface area (Å²) in [7, 11) is 2.48. The molecule has 1 N–H and O–H groups in total. The van der Waals surface area contributed by atoms with Gasteiger partial charge in [-0.05, 0) is 0 Å². The number of nitrogens with zero attached hydrogens (tertiary/aromatic N) is 1. The number of likely N-dealkylation sites (N-methyl/N-ethyl adjacent to an activating group) is 1. The first-order valence-electron chi connectivity index (χ1n) is 4.26. The van der Waals surface area contributed by atoms with Crippen LogP contribution >= 0.6 is 0 Å². The molecular weight excluding hydrogens is 229 g/mol. The second-order valence-electron chi connectivity index (χ2n) is 3.29. The van der Waals surface area contributed by atoms with Crippen LogP contribution in [0.1, 0.15) is 6.92 Å². The van der Waals surface area contributed by atoms with Gasteiger partial charge in [-0.2, -0.15) is 13.2 Å². The van der Waals surface area contributed by atoms with E-state index in [4.69, 9.17) is 4.74 Å². The molecule has 0 aromatic carbocycles. The first-order valence-corrected chi connectivity index (χ1v) is 4.26. The van der Waals surface area contributed by atoms with E-state index in [-0.39, 0.29) is 0 Å². The number of carbonyl (C=O) groups excluding carboxylic acids is 1. The predicted octanol–water partition coefficient (Wildman–Crippen LogP) is 0.746. The number of hydrogen-bond donors (Lipinski definition) is 1. The number of hydrogen-bond acceptors (Lipinski definition) is 4. The smallest absolute Gasteiger partial charge is 0.434 e. The Bertz CT molecular complexity index is 329. The summed E-state index contributed by atoms with van der Waals surface area (Å²) >= 11 is 0. The van der Waals surface area contributed by atoms with Crippen molar-refractivity contribution < 1.29 is 27.5 Å². The summed E-state index contributed by atoms with van der Waals surface area (Å²) in [5, 5.41) is 2.74. The van der Waals surface area contributed by atoms with Crippen LogP contribution in [0.25, 0.3) is 0 Å². The van der Waals surface area contributed by atoms with Gasteiger partial charge in [0.05, 0.1) is 7.11 Å². The molecule has 0 saturated heterocycles. The van der Waals surface area contributed by atoms with E-state index < -0.39 is 23.5 Å². The van der Waals surface area contributed by atoms with E-state index in [9.17, 15) is 18.0 Å². The largest absolute Gasteiger partial charge is 0.464 e. The molecule has 1 atom stereocenters. The first-order chi connectivity index (χ1) is 7.20. The minimum absolute atomic E-state index is 0.474. The van der Waals surface area contributed by atoms with Crippen LogP contribution in [0.5, 0.6) is 0 Å². The molecule has 0 fully saturated rings. The zero-order valence-electron chi connectivity index (χ0n) is 8.88. The summed E-state index contributed by atoms with van der Waals surface area (Å²) in [5.74, 6) is -0.773. The molecule has 5 nitrogen and oxygen atoms in total. The molecule has 92 valence electrons. The number of rotatable bonds is 2. The van der Waals surface area contributed by atoms with Gasteiger partial charge in [0.1, 0.15) is 6.26 Å². The van der Waals surface area contributed by atoms with E-state index in [0.717, 1.165) is 5.06 Å². The lowest BCUT2D eigenvalue weighted by atomic mass is 10.2. The van der Waals surface area contributed by atoms with Crippen LogP contribution in [0.4, 0.5) is 13.2 Å². The summed E-state index contributed by atoms with van der Waals surface area (Å²) < 4.78 is 41.6. The molecule has 1 amide bonds. The van der Waals surface area contributed by atoms with Gasteiger partial charge in [0.2, 0.25) is 0 Å². The van der Waals surface area contributed by atoms with E-state index in [1.54, 1.807) is 0 Å². The number of ether oxygens (including phenoxy) is 1. The fourth-order valence-corrected chi connectivity index (χ4v) is 1.12. The number of alkyl halides is 3. The highest BCUT2D eigenvalue weighted by Gasteiger charge is 2.48. The number of hydroxylamine groups is 2. The van der Waals surface area contributed by atoms with Crippen LogP contribution < -0.4 is 5.32 Å². The lowest BCUT2D eigenvalue weighted by Crippen LogP contribution is -2.54. The van der Waals surface area contributed by atoms with Gasteiger partial charge in [-0.25, -0.2) is 5.06 Å². The Hall–Kier alpha value is -1.44. The third-order valence-corrected chi connectivity index (χ3v) is 2.06. The van der Waals surface area contributed by atoms with Gasteiger partial charge in [0.15, 0.2) is 5.70 Å². The van der Waals surface area contributed by atoms with Gasteiger partial charge in [0, 0.05) is 14.0 Å². The molecular formula is C8H11F3N2O3. The Morgan fingerprint density at radius 2 is 2.19 bits per heavy atom. The van der Waals surface area contributed by atoms with E-state index >= 15 is 0 Å². The molecule has 0 aliphatic carbocycles. The molecule has 0 aromatic heterocycles. The number of halogens is 3. The van der Waals surface area contributed by atoms with Crippen molar-refractivity contribution in [3.05, 3.63) is 12.0 Å². The first kappa shape index (κ1) is 12.6. The SMILES string of the molecule is CON(C)C(=O)C1(C)NC(C(F)(F)F)=CO1. The highest BCUT2D eigenvalue weighted by atomic mass is 19.4. The molecule has 0 spiro atoms. The van der Waals surface area contributed by atoms with Crippen LogP contribution in [0.2, 0.25) is 0 Å². The van der Waals surface area contributed by atoms with Crippen molar-refractivity contribution in [2.24, 2.45) is 0 Å². The molecule has 1 aliphatic heterocycles. The summed E-state index contributed by atoms with van der Waals surface area (Å²) in [6, 6.07) is 0. The summed E-state index contributed by atoms with van der Waals surface area (Å²) in [5.41, 5.74) is -2.90. The molecule has 0 radical (unpaired) electrons. The zero-order valence-corrected chi connectivity index (χ0v) is 8.88. The number of nitrogens with one attached hydrogen (secondary N) is 1. The molecule has 1 aliphatic rings. The van der Waals surface area contributed by atoms with Crippen molar-refractivity contribution in [2.75, 3.05) is 14.2 Å². The zero-order chi connectivity index (χ0) is 12.6. The van der Waals surface area contributed by atoms with Crippen LogP contribution in [-0.4, -0.2) is 37.0 Å². The number of amides is 1. The lowest BCUT2D eigenvalue weighted by molar-refractivity contribution is -0.188.